The van der Waals surface area contributed by atoms with Crippen molar-refractivity contribution in [3.8, 4) is 11.4 Å². The van der Waals surface area contributed by atoms with E-state index in [1.165, 1.54) is 41.2 Å². The number of aromatic nitrogens is 2. The molecule has 1 heterocycles. The summed E-state index contributed by atoms with van der Waals surface area (Å²) in [7, 11) is 0. The van der Waals surface area contributed by atoms with Crippen LogP contribution in [-0.2, 0) is 0 Å². The molecular weight excluding hydrogens is 356 g/mol. The number of ether oxygens (including phenoxy) is 1. The number of carbonyl (C=O) groups is 1. The first-order valence-corrected chi connectivity index (χ1v) is 7.95. The predicted octanol–water partition coefficient (Wildman–Crippen LogP) is 3.39. The number of aryl methyl sites for hydroxylation is 1. The molecule has 6 nitrogen and oxygen atoms in total. The van der Waals surface area contributed by atoms with Crippen molar-refractivity contribution in [1.82, 2.24) is 9.78 Å². The highest BCUT2D eigenvalue weighted by Crippen LogP contribution is 2.18. The Labute approximate surface area is 153 Å². The highest BCUT2D eigenvalue weighted by molar-refractivity contribution is 6.02. The number of alkyl halides is 2. The fraction of sp³-hybridized carbons (Fsp3) is 0.105. The molecule has 0 saturated heterocycles. The summed E-state index contributed by atoms with van der Waals surface area (Å²) in [6.45, 7) is -1.01. The summed E-state index contributed by atoms with van der Waals surface area (Å²) in [6.07, 6.45) is 1.48. The van der Waals surface area contributed by atoms with Gasteiger partial charge in [-0.1, -0.05) is 12.1 Å². The summed E-state index contributed by atoms with van der Waals surface area (Å²) in [5.74, 6) is -0.743. The number of benzene rings is 2. The number of hydrogen-bond donors (Lipinski definition) is 1. The molecule has 0 fully saturated rings. The third-order valence-electron chi connectivity index (χ3n) is 3.63. The normalized spacial score (nSPS) is 10.7. The van der Waals surface area contributed by atoms with Gasteiger partial charge in [0.2, 0.25) is 5.43 Å². The van der Waals surface area contributed by atoms with Crippen LogP contribution in [0.25, 0.3) is 5.69 Å². The van der Waals surface area contributed by atoms with Gasteiger partial charge in [0.15, 0.2) is 5.69 Å². The minimum atomic E-state index is -2.93. The Morgan fingerprint density at radius 2 is 1.89 bits per heavy atom. The number of nitrogens with one attached hydrogen (secondary N) is 1. The van der Waals surface area contributed by atoms with Gasteiger partial charge in [-0.3, -0.25) is 9.59 Å². The van der Waals surface area contributed by atoms with Crippen molar-refractivity contribution in [3.05, 3.63) is 82.3 Å². The molecule has 138 valence electrons. The molecular formula is C19H15F2N3O3. The average Bonchev–Trinajstić information content (AvgIpc) is 2.63. The van der Waals surface area contributed by atoms with Gasteiger partial charge in [0.1, 0.15) is 5.75 Å². The van der Waals surface area contributed by atoms with E-state index in [1.807, 2.05) is 25.1 Å². The SMILES string of the molecule is Cc1cccc(-n2ccc(=O)c(C(=O)Nc3ccc(OC(F)F)cc3)n2)c1. The van der Waals surface area contributed by atoms with Gasteiger partial charge in [-0.25, -0.2) is 4.68 Å². The van der Waals surface area contributed by atoms with Crippen LogP contribution in [0.5, 0.6) is 5.75 Å². The molecule has 1 amide bonds. The number of anilines is 1. The van der Waals surface area contributed by atoms with E-state index in [0.717, 1.165) is 5.56 Å². The lowest BCUT2D eigenvalue weighted by atomic mass is 10.2. The number of halogens is 2. The van der Waals surface area contributed by atoms with Crippen molar-refractivity contribution in [3.63, 3.8) is 0 Å². The van der Waals surface area contributed by atoms with Crippen LogP contribution in [0.4, 0.5) is 14.5 Å². The monoisotopic (exact) mass is 371 g/mol. The molecule has 3 aromatic rings. The van der Waals surface area contributed by atoms with Crippen LogP contribution in [0, 0.1) is 6.92 Å². The smallest absolute Gasteiger partial charge is 0.387 e. The second kappa shape index (κ2) is 7.77. The van der Waals surface area contributed by atoms with Crippen LogP contribution >= 0.6 is 0 Å². The van der Waals surface area contributed by atoms with E-state index in [-0.39, 0.29) is 11.4 Å². The second-order valence-corrected chi connectivity index (χ2v) is 5.67. The van der Waals surface area contributed by atoms with Gasteiger partial charge in [-0.2, -0.15) is 13.9 Å². The maximum atomic E-state index is 12.4. The van der Waals surface area contributed by atoms with Crippen LogP contribution < -0.4 is 15.5 Å². The van der Waals surface area contributed by atoms with Gasteiger partial charge in [0, 0.05) is 18.0 Å². The zero-order chi connectivity index (χ0) is 19.4. The first-order chi connectivity index (χ1) is 12.9. The largest absolute Gasteiger partial charge is 0.435 e. The van der Waals surface area contributed by atoms with Crippen LogP contribution in [0.15, 0.2) is 65.6 Å². The van der Waals surface area contributed by atoms with Crippen molar-refractivity contribution < 1.29 is 18.3 Å². The molecule has 0 bridgehead atoms. The molecule has 0 aliphatic carbocycles. The molecule has 1 N–H and O–H groups in total. The number of amides is 1. The number of rotatable bonds is 5. The lowest BCUT2D eigenvalue weighted by Gasteiger charge is -2.09. The molecule has 1 aromatic heterocycles. The van der Waals surface area contributed by atoms with E-state index in [4.69, 9.17) is 0 Å². The number of nitrogens with zero attached hydrogens (tertiary/aromatic N) is 2. The summed E-state index contributed by atoms with van der Waals surface area (Å²) in [5, 5.41) is 6.62. The second-order valence-electron chi connectivity index (χ2n) is 5.67. The fourth-order valence-electron chi connectivity index (χ4n) is 2.39. The lowest BCUT2D eigenvalue weighted by Crippen LogP contribution is -2.25. The van der Waals surface area contributed by atoms with Crippen LogP contribution in [0.3, 0.4) is 0 Å². The van der Waals surface area contributed by atoms with Gasteiger partial charge < -0.3 is 10.1 Å². The molecule has 0 radical (unpaired) electrons. The van der Waals surface area contributed by atoms with Gasteiger partial charge in [0.05, 0.1) is 5.69 Å². The highest BCUT2D eigenvalue weighted by Gasteiger charge is 2.14. The Morgan fingerprint density at radius 1 is 1.15 bits per heavy atom. The third-order valence-corrected chi connectivity index (χ3v) is 3.63. The minimum absolute atomic E-state index is 0.0392. The van der Waals surface area contributed by atoms with Crippen LogP contribution in [0.1, 0.15) is 16.1 Å². The van der Waals surface area contributed by atoms with Crippen LogP contribution in [-0.4, -0.2) is 22.3 Å². The summed E-state index contributed by atoms with van der Waals surface area (Å²) in [5.41, 5.74) is 1.21. The van der Waals surface area contributed by atoms with Crippen molar-refractivity contribution in [2.45, 2.75) is 13.5 Å². The lowest BCUT2D eigenvalue weighted by molar-refractivity contribution is -0.0498. The quantitative estimate of drug-likeness (QED) is 0.746. The Balaban J connectivity index is 1.82. The molecule has 0 atom stereocenters. The first-order valence-electron chi connectivity index (χ1n) is 7.95. The van der Waals surface area contributed by atoms with Gasteiger partial charge in [0.25, 0.3) is 5.91 Å². The molecule has 3 rings (SSSR count). The summed E-state index contributed by atoms with van der Waals surface area (Å²) < 4.78 is 30.0. The Kier molecular flexibility index (Phi) is 5.25. The highest BCUT2D eigenvalue weighted by atomic mass is 19.3. The molecule has 8 heteroatoms. The maximum Gasteiger partial charge on any atom is 0.387 e. The third kappa shape index (κ3) is 4.55. The van der Waals surface area contributed by atoms with Crippen molar-refractivity contribution >= 4 is 11.6 Å². The summed E-state index contributed by atoms with van der Waals surface area (Å²) in [6, 6.07) is 14.0. The number of carbonyl (C=O) groups excluding carboxylic acids is 1. The fourth-order valence-corrected chi connectivity index (χ4v) is 2.39. The molecule has 2 aromatic carbocycles. The molecule has 0 aliphatic heterocycles. The molecule has 0 unspecified atom stereocenters. The molecule has 27 heavy (non-hydrogen) atoms. The number of hydrogen-bond acceptors (Lipinski definition) is 4. The van der Waals surface area contributed by atoms with E-state index in [1.54, 1.807) is 6.07 Å². The van der Waals surface area contributed by atoms with Gasteiger partial charge >= 0.3 is 6.61 Å². The Bertz CT molecular complexity index is 1020. The van der Waals surface area contributed by atoms with E-state index in [2.05, 4.69) is 15.2 Å². The average molecular weight is 371 g/mol. The predicted molar refractivity (Wildman–Crippen MR) is 95.6 cm³/mol. The summed E-state index contributed by atoms with van der Waals surface area (Å²) >= 11 is 0. The van der Waals surface area contributed by atoms with E-state index in [0.29, 0.717) is 11.4 Å². The minimum Gasteiger partial charge on any atom is -0.435 e. The van der Waals surface area contributed by atoms with Crippen molar-refractivity contribution in [2.75, 3.05) is 5.32 Å². The topological polar surface area (TPSA) is 73.2 Å². The Hall–Kier alpha value is -3.55. The van der Waals surface area contributed by atoms with Gasteiger partial charge in [-0.05, 0) is 48.9 Å². The van der Waals surface area contributed by atoms with Gasteiger partial charge in [-0.15, -0.1) is 0 Å². The standard InChI is InChI=1S/C19H15F2N3O3/c1-12-3-2-4-14(11-12)24-10-9-16(25)17(23-24)18(26)22-13-5-7-15(8-6-13)27-19(20)21/h2-11,19H,1H3,(H,22,26). The zero-order valence-electron chi connectivity index (χ0n) is 14.2. The molecule has 0 aliphatic rings. The van der Waals surface area contributed by atoms with E-state index >= 15 is 0 Å². The van der Waals surface area contributed by atoms with E-state index < -0.39 is 17.9 Å². The molecule has 0 spiro atoms. The van der Waals surface area contributed by atoms with E-state index in [9.17, 15) is 18.4 Å². The Morgan fingerprint density at radius 3 is 2.56 bits per heavy atom. The maximum absolute atomic E-state index is 12.4. The van der Waals surface area contributed by atoms with Crippen molar-refractivity contribution in [2.24, 2.45) is 0 Å². The van der Waals surface area contributed by atoms with Crippen molar-refractivity contribution in [1.29, 1.82) is 0 Å². The first kappa shape index (κ1) is 18.2. The molecule has 0 saturated carbocycles. The summed E-state index contributed by atoms with van der Waals surface area (Å²) in [4.78, 5) is 24.4. The van der Waals surface area contributed by atoms with Crippen LogP contribution in [0.2, 0.25) is 0 Å². The zero-order valence-corrected chi connectivity index (χ0v) is 14.2.